The molecule has 0 aromatic heterocycles. The second-order valence-electron chi connectivity index (χ2n) is 4.32. The number of amides is 2. The Morgan fingerprint density at radius 3 is 2.30 bits per heavy atom. The molecule has 0 radical (unpaired) electrons. The van der Waals surface area contributed by atoms with Gasteiger partial charge in [-0.05, 0) is 25.5 Å². The highest BCUT2D eigenvalue weighted by Crippen LogP contribution is 2.26. The zero-order chi connectivity index (χ0) is 14.7. The zero-order valence-electron chi connectivity index (χ0n) is 11.2. The standard InChI is InChI=1S/C15H15NO4/c1-3-7-12(15(19)20-4-2)16-13(17)10-8-5-6-9-11(10)14(16)18/h3,5-6,8-9,12H,1,4,7H2,2H3. The van der Waals surface area contributed by atoms with Crippen molar-refractivity contribution in [2.24, 2.45) is 0 Å². The lowest BCUT2D eigenvalue weighted by Gasteiger charge is -2.23. The van der Waals surface area contributed by atoms with Gasteiger partial charge >= 0.3 is 5.97 Å². The van der Waals surface area contributed by atoms with Crippen LogP contribution in [0.25, 0.3) is 0 Å². The predicted molar refractivity (Wildman–Crippen MR) is 72.2 cm³/mol. The van der Waals surface area contributed by atoms with E-state index in [9.17, 15) is 14.4 Å². The number of carbonyl (C=O) groups excluding carboxylic acids is 3. The Hall–Kier alpha value is -2.43. The Morgan fingerprint density at radius 2 is 1.85 bits per heavy atom. The van der Waals surface area contributed by atoms with Crippen molar-refractivity contribution in [2.75, 3.05) is 6.61 Å². The van der Waals surface area contributed by atoms with Gasteiger partial charge in [-0.15, -0.1) is 6.58 Å². The van der Waals surface area contributed by atoms with Gasteiger partial charge < -0.3 is 4.74 Å². The number of ether oxygens (including phenoxy) is 1. The van der Waals surface area contributed by atoms with Gasteiger partial charge in [0.2, 0.25) is 0 Å². The molecule has 2 rings (SSSR count). The fraction of sp³-hybridized carbons (Fsp3) is 0.267. The van der Waals surface area contributed by atoms with Crippen LogP contribution in [0.2, 0.25) is 0 Å². The molecule has 5 nitrogen and oxygen atoms in total. The van der Waals surface area contributed by atoms with Crippen molar-refractivity contribution in [1.82, 2.24) is 4.90 Å². The normalized spacial score (nSPS) is 14.9. The first-order chi connectivity index (χ1) is 9.61. The van der Waals surface area contributed by atoms with Gasteiger partial charge in [-0.25, -0.2) is 4.79 Å². The molecule has 104 valence electrons. The molecule has 0 spiro atoms. The molecule has 1 aliphatic rings. The third-order valence-electron chi connectivity index (χ3n) is 3.09. The molecule has 5 heteroatoms. The van der Waals surface area contributed by atoms with Crippen LogP contribution in [0, 0.1) is 0 Å². The molecule has 0 bridgehead atoms. The first-order valence-corrected chi connectivity index (χ1v) is 6.36. The molecular weight excluding hydrogens is 258 g/mol. The number of esters is 1. The summed E-state index contributed by atoms with van der Waals surface area (Å²) in [5.41, 5.74) is 0.631. The number of fused-ring (bicyclic) bond motifs is 1. The van der Waals surface area contributed by atoms with Crippen molar-refractivity contribution in [3.63, 3.8) is 0 Å². The molecule has 1 aliphatic heterocycles. The third-order valence-corrected chi connectivity index (χ3v) is 3.09. The van der Waals surface area contributed by atoms with Crippen molar-refractivity contribution in [3.8, 4) is 0 Å². The van der Waals surface area contributed by atoms with Gasteiger partial charge in [-0.3, -0.25) is 14.5 Å². The molecule has 0 saturated heterocycles. The summed E-state index contributed by atoms with van der Waals surface area (Å²) in [5.74, 6) is -1.53. The van der Waals surface area contributed by atoms with E-state index in [2.05, 4.69) is 6.58 Å². The van der Waals surface area contributed by atoms with Gasteiger partial charge in [0.1, 0.15) is 6.04 Å². The molecule has 1 unspecified atom stereocenters. The quantitative estimate of drug-likeness (QED) is 0.466. The van der Waals surface area contributed by atoms with E-state index in [4.69, 9.17) is 4.74 Å². The Bertz CT molecular complexity index is 544. The van der Waals surface area contributed by atoms with Gasteiger partial charge in [-0.2, -0.15) is 0 Å². The number of benzene rings is 1. The summed E-state index contributed by atoms with van der Waals surface area (Å²) in [6.45, 7) is 5.42. The molecular formula is C15H15NO4. The second-order valence-corrected chi connectivity index (χ2v) is 4.32. The number of nitrogens with zero attached hydrogens (tertiary/aromatic N) is 1. The number of hydrogen-bond acceptors (Lipinski definition) is 4. The monoisotopic (exact) mass is 273 g/mol. The Kier molecular flexibility index (Phi) is 3.98. The van der Waals surface area contributed by atoms with Crippen molar-refractivity contribution in [1.29, 1.82) is 0 Å². The second kappa shape index (κ2) is 5.69. The Morgan fingerprint density at radius 1 is 1.30 bits per heavy atom. The van der Waals surface area contributed by atoms with Crippen LogP contribution < -0.4 is 0 Å². The largest absolute Gasteiger partial charge is 0.464 e. The van der Waals surface area contributed by atoms with E-state index in [0.717, 1.165) is 4.90 Å². The minimum atomic E-state index is -0.958. The van der Waals surface area contributed by atoms with Crippen molar-refractivity contribution < 1.29 is 19.1 Å². The SMILES string of the molecule is C=CCC(C(=O)OCC)N1C(=O)c2ccccc2C1=O. The van der Waals surface area contributed by atoms with Crippen molar-refractivity contribution in [3.05, 3.63) is 48.0 Å². The fourth-order valence-corrected chi connectivity index (χ4v) is 2.19. The number of rotatable bonds is 5. The summed E-state index contributed by atoms with van der Waals surface area (Å²) < 4.78 is 4.93. The molecule has 0 aliphatic carbocycles. The summed E-state index contributed by atoms with van der Waals surface area (Å²) in [4.78, 5) is 37.5. The molecule has 20 heavy (non-hydrogen) atoms. The van der Waals surface area contributed by atoms with Crippen LogP contribution in [-0.4, -0.2) is 35.3 Å². The van der Waals surface area contributed by atoms with Crippen LogP contribution in [0.4, 0.5) is 0 Å². The highest BCUT2D eigenvalue weighted by Gasteiger charge is 2.42. The van der Waals surface area contributed by atoms with Crippen LogP contribution in [0.5, 0.6) is 0 Å². The van der Waals surface area contributed by atoms with Gasteiger partial charge in [0.25, 0.3) is 11.8 Å². The molecule has 0 saturated carbocycles. The molecule has 1 atom stereocenters. The molecule has 1 aromatic rings. The average Bonchev–Trinajstić information content (AvgIpc) is 2.70. The van der Waals surface area contributed by atoms with Crippen LogP contribution >= 0.6 is 0 Å². The van der Waals surface area contributed by atoms with E-state index in [-0.39, 0.29) is 13.0 Å². The Labute approximate surface area is 116 Å². The summed E-state index contributed by atoms with van der Waals surface area (Å²) >= 11 is 0. The first-order valence-electron chi connectivity index (χ1n) is 6.36. The van der Waals surface area contributed by atoms with E-state index in [1.54, 1.807) is 31.2 Å². The van der Waals surface area contributed by atoms with Crippen LogP contribution in [0.3, 0.4) is 0 Å². The Balaban J connectivity index is 2.37. The van der Waals surface area contributed by atoms with Crippen LogP contribution in [-0.2, 0) is 9.53 Å². The average molecular weight is 273 g/mol. The van der Waals surface area contributed by atoms with Gasteiger partial charge in [0.15, 0.2) is 0 Å². The number of imide groups is 1. The lowest BCUT2D eigenvalue weighted by Crippen LogP contribution is -2.45. The van der Waals surface area contributed by atoms with Crippen LogP contribution in [0.15, 0.2) is 36.9 Å². The van der Waals surface area contributed by atoms with Gasteiger partial charge in [0.05, 0.1) is 17.7 Å². The van der Waals surface area contributed by atoms with Gasteiger partial charge in [-0.1, -0.05) is 18.2 Å². The highest BCUT2D eigenvalue weighted by atomic mass is 16.5. The van der Waals surface area contributed by atoms with E-state index in [1.807, 2.05) is 0 Å². The molecule has 2 amide bonds. The lowest BCUT2D eigenvalue weighted by molar-refractivity contribution is -0.147. The third kappa shape index (κ3) is 2.22. The zero-order valence-corrected chi connectivity index (χ0v) is 11.2. The molecule has 0 fully saturated rings. The fourth-order valence-electron chi connectivity index (χ4n) is 2.19. The van der Waals surface area contributed by atoms with Gasteiger partial charge in [0, 0.05) is 0 Å². The minimum Gasteiger partial charge on any atom is -0.464 e. The first kappa shape index (κ1) is 14.0. The summed E-state index contributed by atoms with van der Waals surface area (Å²) in [6, 6.07) is 5.55. The summed E-state index contributed by atoms with van der Waals surface area (Å²) in [6.07, 6.45) is 1.66. The minimum absolute atomic E-state index is 0.171. The topological polar surface area (TPSA) is 63.7 Å². The number of carbonyl (C=O) groups is 3. The maximum atomic E-state index is 12.3. The maximum absolute atomic E-state index is 12.3. The van der Waals surface area contributed by atoms with E-state index >= 15 is 0 Å². The van der Waals surface area contributed by atoms with E-state index < -0.39 is 23.8 Å². The van der Waals surface area contributed by atoms with Crippen LogP contribution in [0.1, 0.15) is 34.1 Å². The van der Waals surface area contributed by atoms with Crippen molar-refractivity contribution >= 4 is 17.8 Å². The lowest BCUT2D eigenvalue weighted by atomic mass is 10.1. The van der Waals surface area contributed by atoms with E-state index in [0.29, 0.717) is 11.1 Å². The summed E-state index contributed by atoms with van der Waals surface area (Å²) in [5, 5.41) is 0. The van der Waals surface area contributed by atoms with Crippen molar-refractivity contribution in [2.45, 2.75) is 19.4 Å². The smallest absolute Gasteiger partial charge is 0.329 e. The maximum Gasteiger partial charge on any atom is 0.329 e. The summed E-state index contributed by atoms with van der Waals surface area (Å²) in [7, 11) is 0. The highest BCUT2D eigenvalue weighted by molar-refractivity contribution is 6.22. The molecule has 1 heterocycles. The predicted octanol–water partition coefficient (Wildman–Crippen LogP) is 1.79. The van der Waals surface area contributed by atoms with E-state index in [1.165, 1.54) is 6.08 Å². The molecule has 1 aromatic carbocycles. The molecule has 0 N–H and O–H groups in total. The number of hydrogen-bond donors (Lipinski definition) is 0.